The van der Waals surface area contributed by atoms with Gasteiger partial charge in [-0.3, -0.25) is 9.59 Å². The summed E-state index contributed by atoms with van der Waals surface area (Å²) in [5, 5.41) is 5.51. The van der Waals surface area contributed by atoms with E-state index in [1.807, 2.05) is 13.0 Å². The topological polar surface area (TPSA) is 112 Å². The van der Waals surface area contributed by atoms with Crippen molar-refractivity contribution >= 4 is 29.3 Å². The Kier molecular flexibility index (Phi) is 9.07. The van der Waals surface area contributed by atoms with Crippen LogP contribution in [0.15, 0.2) is 72.8 Å². The van der Waals surface area contributed by atoms with Gasteiger partial charge in [-0.05, 0) is 62.4 Å². The molecule has 3 aromatic carbocycles. The molecule has 182 valence electrons. The van der Waals surface area contributed by atoms with Gasteiger partial charge in [-0.25, -0.2) is 4.79 Å². The summed E-state index contributed by atoms with van der Waals surface area (Å²) < 4.78 is 20.8. The van der Waals surface area contributed by atoms with E-state index in [2.05, 4.69) is 10.6 Å². The fourth-order valence-electron chi connectivity index (χ4n) is 2.99. The van der Waals surface area contributed by atoms with Crippen LogP contribution in [0.3, 0.4) is 0 Å². The first kappa shape index (κ1) is 25.1. The molecule has 2 amide bonds. The quantitative estimate of drug-likeness (QED) is 0.315. The van der Waals surface area contributed by atoms with Crippen LogP contribution < -0.4 is 24.8 Å². The van der Waals surface area contributed by atoms with Crippen molar-refractivity contribution in [3.05, 3.63) is 78.4 Å². The van der Waals surface area contributed by atoms with E-state index in [0.29, 0.717) is 35.0 Å². The van der Waals surface area contributed by atoms with Crippen molar-refractivity contribution < 1.29 is 33.3 Å². The molecule has 9 heteroatoms. The van der Waals surface area contributed by atoms with Crippen molar-refractivity contribution in [3.63, 3.8) is 0 Å². The summed E-state index contributed by atoms with van der Waals surface area (Å²) in [6.45, 7) is 3.96. The Morgan fingerprint density at radius 2 is 1.31 bits per heavy atom. The lowest BCUT2D eigenvalue weighted by Gasteiger charge is -2.14. The number of carbonyl (C=O) groups excluding carboxylic acids is 3. The number of rotatable bonds is 10. The van der Waals surface area contributed by atoms with E-state index in [-0.39, 0.29) is 19.0 Å². The van der Waals surface area contributed by atoms with Crippen LogP contribution in [0, 0.1) is 0 Å². The zero-order valence-corrected chi connectivity index (χ0v) is 19.4. The molecule has 9 nitrogen and oxygen atoms in total. The minimum Gasteiger partial charge on any atom is -0.490 e. The van der Waals surface area contributed by atoms with Gasteiger partial charge in [0.2, 0.25) is 0 Å². The van der Waals surface area contributed by atoms with Crippen LogP contribution in [0.2, 0.25) is 0 Å². The first-order valence-corrected chi connectivity index (χ1v) is 11.0. The Labute approximate surface area is 203 Å². The number of hydrogen-bond donors (Lipinski definition) is 2. The molecule has 0 saturated heterocycles. The van der Waals surface area contributed by atoms with Gasteiger partial charge in [-0.1, -0.05) is 24.3 Å². The van der Waals surface area contributed by atoms with Crippen molar-refractivity contribution in [2.75, 3.05) is 30.5 Å². The molecule has 3 aromatic rings. The number of carbonyl (C=O) groups is 3. The lowest BCUT2D eigenvalue weighted by Crippen LogP contribution is -2.22. The Bertz CT molecular complexity index is 1160. The summed E-state index contributed by atoms with van der Waals surface area (Å²) in [6, 6.07) is 19.9. The molecule has 0 unspecified atom stereocenters. The average Bonchev–Trinajstić information content (AvgIpc) is 2.85. The molecular formula is C26H26N2O7. The summed E-state index contributed by atoms with van der Waals surface area (Å²) in [4.78, 5) is 36.6. The molecule has 2 N–H and O–H groups in total. The second kappa shape index (κ2) is 12.6. The minimum absolute atomic E-state index is 0.196. The number of benzene rings is 3. The summed E-state index contributed by atoms with van der Waals surface area (Å²) in [5.74, 6) is 0.448. The molecule has 0 bridgehead atoms. The third-order valence-electron chi connectivity index (χ3n) is 4.54. The van der Waals surface area contributed by atoms with Crippen molar-refractivity contribution in [3.8, 4) is 17.2 Å². The molecule has 0 aliphatic heterocycles. The number of amides is 2. The predicted octanol–water partition coefficient (Wildman–Crippen LogP) is 4.89. The monoisotopic (exact) mass is 478 g/mol. The first-order valence-electron chi connectivity index (χ1n) is 11.0. The van der Waals surface area contributed by atoms with Gasteiger partial charge < -0.3 is 29.6 Å². The summed E-state index contributed by atoms with van der Waals surface area (Å²) in [7, 11) is 0. The van der Waals surface area contributed by atoms with Crippen molar-refractivity contribution in [1.82, 2.24) is 0 Å². The van der Waals surface area contributed by atoms with Crippen LogP contribution in [-0.2, 0) is 9.53 Å². The molecule has 35 heavy (non-hydrogen) atoms. The van der Waals surface area contributed by atoms with E-state index >= 15 is 0 Å². The molecule has 0 aliphatic rings. The fraction of sp³-hybridized carbons (Fsp3) is 0.192. The molecule has 0 fully saturated rings. The van der Waals surface area contributed by atoms with Gasteiger partial charge in [0.05, 0.1) is 24.6 Å². The van der Waals surface area contributed by atoms with Crippen LogP contribution in [-0.4, -0.2) is 37.8 Å². The van der Waals surface area contributed by atoms with Gasteiger partial charge in [-0.2, -0.15) is 0 Å². The van der Waals surface area contributed by atoms with E-state index < -0.39 is 18.0 Å². The third-order valence-corrected chi connectivity index (χ3v) is 4.54. The summed E-state index contributed by atoms with van der Waals surface area (Å²) in [6.07, 6.45) is -0.820. The Morgan fingerprint density at radius 1 is 0.714 bits per heavy atom. The van der Waals surface area contributed by atoms with Crippen LogP contribution >= 0.6 is 0 Å². The smallest absolute Gasteiger partial charge is 0.490 e. The minimum atomic E-state index is -0.820. The highest BCUT2D eigenvalue weighted by Crippen LogP contribution is 2.27. The number of nitrogens with one attached hydrogen (secondary N) is 2. The zero-order valence-electron chi connectivity index (χ0n) is 19.4. The number of hydrogen-bond acceptors (Lipinski definition) is 7. The fourth-order valence-corrected chi connectivity index (χ4v) is 2.99. The molecule has 0 atom stereocenters. The van der Waals surface area contributed by atoms with Crippen LogP contribution in [0.25, 0.3) is 0 Å². The maximum atomic E-state index is 12.7. The molecule has 0 aliphatic carbocycles. The van der Waals surface area contributed by atoms with Gasteiger partial charge >= 0.3 is 6.16 Å². The molecule has 0 saturated carbocycles. The number of anilines is 2. The molecule has 0 radical (unpaired) electrons. The maximum absolute atomic E-state index is 12.7. The largest absolute Gasteiger partial charge is 0.513 e. The molecule has 3 rings (SSSR count). The molecule has 0 heterocycles. The van der Waals surface area contributed by atoms with Crippen molar-refractivity contribution in [2.24, 2.45) is 0 Å². The van der Waals surface area contributed by atoms with Gasteiger partial charge in [0, 0.05) is 5.56 Å². The van der Waals surface area contributed by atoms with Crippen LogP contribution in [0.5, 0.6) is 17.2 Å². The number of ether oxygens (including phenoxy) is 4. The summed E-state index contributed by atoms with van der Waals surface area (Å²) >= 11 is 0. The second-order valence-corrected chi connectivity index (χ2v) is 7.03. The Morgan fingerprint density at radius 3 is 1.94 bits per heavy atom. The second-order valence-electron chi connectivity index (χ2n) is 7.03. The highest BCUT2D eigenvalue weighted by atomic mass is 16.7. The van der Waals surface area contributed by atoms with Crippen molar-refractivity contribution in [2.45, 2.75) is 13.8 Å². The molecule has 0 spiro atoms. The Hall–Kier alpha value is -4.53. The van der Waals surface area contributed by atoms with Gasteiger partial charge in [0.1, 0.15) is 5.75 Å². The summed E-state index contributed by atoms with van der Waals surface area (Å²) in [5.41, 5.74) is 1.15. The lowest BCUT2D eigenvalue weighted by molar-refractivity contribution is -0.118. The normalized spacial score (nSPS) is 10.1. The first-order chi connectivity index (χ1) is 17.0. The van der Waals surface area contributed by atoms with Gasteiger partial charge in [-0.15, -0.1) is 0 Å². The van der Waals surface area contributed by atoms with E-state index in [4.69, 9.17) is 18.9 Å². The highest BCUT2D eigenvalue weighted by molar-refractivity contribution is 6.07. The van der Waals surface area contributed by atoms with E-state index in [1.165, 1.54) is 24.3 Å². The molecular weight excluding hydrogens is 452 g/mol. The SMILES string of the molecule is CCOC(=O)Oc1ccc(C(=O)Nc2ccccc2NC(=O)COc2ccccc2OCC)cc1. The molecule has 0 aromatic heterocycles. The van der Waals surface area contributed by atoms with Crippen LogP contribution in [0.4, 0.5) is 16.2 Å². The van der Waals surface area contributed by atoms with E-state index in [9.17, 15) is 14.4 Å². The predicted molar refractivity (Wildman–Crippen MR) is 130 cm³/mol. The third kappa shape index (κ3) is 7.50. The van der Waals surface area contributed by atoms with Crippen molar-refractivity contribution in [1.29, 1.82) is 0 Å². The Balaban J connectivity index is 1.60. The highest BCUT2D eigenvalue weighted by Gasteiger charge is 2.13. The lowest BCUT2D eigenvalue weighted by atomic mass is 10.2. The number of para-hydroxylation sites is 4. The van der Waals surface area contributed by atoms with E-state index in [1.54, 1.807) is 49.4 Å². The maximum Gasteiger partial charge on any atom is 0.513 e. The zero-order chi connectivity index (χ0) is 25.0. The average molecular weight is 479 g/mol. The van der Waals surface area contributed by atoms with E-state index in [0.717, 1.165) is 0 Å². The van der Waals surface area contributed by atoms with Crippen LogP contribution in [0.1, 0.15) is 24.2 Å². The van der Waals surface area contributed by atoms with Gasteiger partial charge in [0.15, 0.2) is 18.1 Å². The standard InChI is InChI=1S/C26H26N2O7/c1-3-32-22-11-7-8-12-23(22)34-17-24(29)27-20-9-5-6-10-21(20)28-25(30)18-13-15-19(16-14-18)35-26(31)33-4-2/h5-16H,3-4,17H2,1-2H3,(H,27,29)(H,28,30). The van der Waals surface area contributed by atoms with Gasteiger partial charge in [0.25, 0.3) is 11.8 Å².